The molecular formula is C41H51Cl2N7O4. The van der Waals surface area contributed by atoms with Crippen molar-refractivity contribution in [2.45, 2.75) is 76.5 Å². The Morgan fingerprint density at radius 2 is 1.80 bits per heavy atom. The van der Waals surface area contributed by atoms with Crippen molar-refractivity contribution in [2.24, 2.45) is 7.05 Å². The minimum absolute atomic E-state index is 0.105. The SMILES string of the molecule is CC(NCc1ccc(Cl)cc1Oc1ccc(-c2cnc(CN(C)C)n2C)cc1)C(=O)N1C(C(=O)NC2(Cc3ccc(Cl)cc3)CCCNC2)COC1(C)C. The van der Waals surface area contributed by atoms with Crippen LogP contribution in [-0.2, 0) is 40.9 Å². The molecular weight excluding hydrogens is 725 g/mol. The van der Waals surface area contributed by atoms with Crippen molar-refractivity contribution < 1.29 is 19.1 Å². The number of hydrogen-bond acceptors (Lipinski definition) is 8. The fraction of sp³-hybridized carbons (Fsp3) is 0.439. The van der Waals surface area contributed by atoms with Crippen LogP contribution in [0.2, 0.25) is 10.0 Å². The van der Waals surface area contributed by atoms with Gasteiger partial charge in [-0.2, -0.15) is 0 Å². The van der Waals surface area contributed by atoms with E-state index in [1.54, 1.807) is 24.0 Å². The molecule has 1 aromatic heterocycles. The summed E-state index contributed by atoms with van der Waals surface area (Å²) < 4.78 is 14.5. The number of rotatable bonds is 13. The predicted octanol–water partition coefficient (Wildman–Crippen LogP) is 6.17. The first-order chi connectivity index (χ1) is 25.7. The first-order valence-corrected chi connectivity index (χ1v) is 19.2. The standard InChI is InChI=1S/C41H51Cl2N7O4/c1-27(39(52)50-35(25-53-40(50,2)3)38(51)47-41(18-7-19-44-26-41)21-28-8-13-31(42)14-9-28)45-22-30-10-15-32(43)20-36(30)54-33-16-11-29(12-17-33)34-23-46-37(49(34)6)24-48(4)5/h8-17,20,23,27,35,44-45H,7,18-19,21-22,24-26H2,1-6H3,(H,47,51). The number of benzene rings is 3. The summed E-state index contributed by atoms with van der Waals surface area (Å²) in [7, 11) is 6.06. The van der Waals surface area contributed by atoms with Crippen molar-refractivity contribution in [3.05, 3.63) is 99.9 Å². The van der Waals surface area contributed by atoms with Gasteiger partial charge in [-0.15, -0.1) is 0 Å². The van der Waals surface area contributed by atoms with Crippen molar-refractivity contribution in [2.75, 3.05) is 33.8 Å². The maximum Gasteiger partial charge on any atom is 0.245 e. The van der Waals surface area contributed by atoms with E-state index in [9.17, 15) is 9.59 Å². The minimum Gasteiger partial charge on any atom is -0.457 e. The van der Waals surface area contributed by atoms with E-state index in [4.69, 9.17) is 32.7 Å². The quantitative estimate of drug-likeness (QED) is 0.148. The van der Waals surface area contributed by atoms with Gasteiger partial charge in [-0.1, -0.05) is 41.4 Å². The maximum absolute atomic E-state index is 14.2. The lowest BCUT2D eigenvalue weighted by Gasteiger charge is -2.41. The number of piperidine rings is 1. The third kappa shape index (κ3) is 9.27. The van der Waals surface area contributed by atoms with E-state index in [2.05, 4.69) is 30.4 Å². The molecule has 2 aliphatic rings. The molecule has 2 fully saturated rings. The molecule has 2 amide bonds. The molecule has 3 unspecified atom stereocenters. The topological polar surface area (TPSA) is 113 Å². The van der Waals surface area contributed by atoms with Crippen LogP contribution in [0.5, 0.6) is 11.5 Å². The monoisotopic (exact) mass is 775 g/mol. The maximum atomic E-state index is 14.2. The number of ether oxygens (including phenoxy) is 2. The third-order valence-electron chi connectivity index (χ3n) is 10.3. The molecule has 6 rings (SSSR count). The lowest BCUT2D eigenvalue weighted by Crippen LogP contribution is -2.64. The molecule has 13 heteroatoms. The van der Waals surface area contributed by atoms with Crippen LogP contribution in [0, 0.1) is 0 Å². The van der Waals surface area contributed by atoms with E-state index < -0.39 is 23.3 Å². The van der Waals surface area contributed by atoms with Gasteiger partial charge in [0.05, 0.1) is 36.6 Å². The summed E-state index contributed by atoms with van der Waals surface area (Å²) in [5, 5.41) is 11.4. The summed E-state index contributed by atoms with van der Waals surface area (Å²) in [6.45, 7) is 8.14. The number of amides is 2. The van der Waals surface area contributed by atoms with Crippen molar-refractivity contribution in [3.63, 3.8) is 0 Å². The summed E-state index contributed by atoms with van der Waals surface area (Å²) >= 11 is 12.6. The van der Waals surface area contributed by atoms with E-state index in [0.717, 1.165) is 54.1 Å². The second kappa shape index (κ2) is 16.8. The number of nitrogens with one attached hydrogen (secondary N) is 3. The van der Waals surface area contributed by atoms with Crippen LogP contribution in [0.15, 0.2) is 72.9 Å². The normalized spacial score (nSPS) is 20.2. The number of halogens is 2. The van der Waals surface area contributed by atoms with Crippen LogP contribution in [0.25, 0.3) is 11.3 Å². The second-order valence-electron chi connectivity index (χ2n) is 15.2. The Morgan fingerprint density at radius 3 is 2.48 bits per heavy atom. The van der Waals surface area contributed by atoms with Gasteiger partial charge < -0.3 is 34.9 Å². The molecule has 0 aliphatic carbocycles. The van der Waals surface area contributed by atoms with E-state index in [1.165, 1.54) is 0 Å². The van der Waals surface area contributed by atoms with Crippen LogP contribution in [0.1, 0.15) is 50.6 Å². The highest BCUT2D eigenvalue weighted by molar-refractivity contribution is 6.31. The fourth-order valence-electron chi connectivity index (χ4n) is 7.32. The smallest absolute Gasteiger partial charge is 0.245 e. The van der Waals surface area contributed by atoms with Gasteiger partial charge in [0.1, 0.15) is 29.1 Å². The molecule has 0 radical (unpaired) electrons. The number of nitrogens with zero attached hydrogens (tertiary/aromatic N) is 4. The Labute approximate surface area is 328 Å². The Hall–Kier alpha value is -3.97. The highest BCUT2D eigenvalue weighted by atomic mass is 35.5. The molecule has 11 nitrogen and oxygen atoms in total. The molecule has 3 heterocycles. The number of aromatic nitrogens is 2. The van der Waals surface area contributed by atoms with E-state index in [1.807, 2.05) is 95.8 Å². The average Bonchev–Trinajstić information content (AvgIpc) is 3.66. The molecule has 0 saturated carbocycles. The summed E-state index contributed by atoms with van der Waals surface area (Å²) in [5.41, 5.74) is 2.46. The minimum atomic E-state index is -0.979. The highest BCUT2D eigenvalue weighted by Crippen LogP contribution is 2.33. The lowest BCUT2D eigenvalue weighted by molar-refractivity contribution is -0.151. The fourth-order valence-corrected chi connectivity index (χ4v) is 7.60. The van der Waals surface area contributed by atoms with Gasteiger partial charge in [-0.05, 0) is 115 Å². The second-order valence-corrected chi connectivity index (χ2v) is 16.0. The molecule has 0 spiro atoms. The van der Waals surface area contributed by atoms with Crippen molar-refractivity contribution in [3.8, 4) is 22.8 Å². The van der Waals surface area contributed by atoms with Crippen LogP contribution in [-0.4, -0.2) is 88.3 Å². The molecule has 3 atom stereocenters. The first-order valence-electron chi connectivity index (χ1n) is 18.4. The summed E-state index contributed by atoms with van der Waals surface area (Å²) in [4.78, 5) is 36.5. The predicted molar refractivity (Wildman–Crippen MR) is 213 cm³/mol. The number of hydrogen-bond donors (Lipinski definition) is 3. The molecule has 3 aromatic carbocycles. The summed E-state index contributed by atoms with van der Waals surface area (Å²) in [6.07, 6.45) is 4.27. The zero-order chi connectivity index (χ0) is 38.6. The van der Waals surface area contributed by atoms with Crippen molar-refractivity contribution in [1.82, 2.24) is 35.3 Å². The van der Waals surface area contributed by atoms with Crippen LogP contribution in [0.4, 0.5) is 0 Å². The van der Waals surface area contributed by atoms with Crippen LogP contribution in [0.3, 0.4) is 0 Å². The van der Waals surface area contributed by atoms with E-state index in [0.29, 0.717) is 41.1 Å². The van der Waals surface area contributed by atoms with E-state index in [-0.39, 0.29) is 18.4 Å². The Morgan fingerprint density at radius 1 is 1.07 bits per heavy atom. The van der Waals surface area contributed by atoms with E-state index >= 15 is 0 Å². The van der Waals surface area contributed by atoms with Gasteiger partial charge in [0.25, 0.3) is 0 Å². The first kappa shape index (κ1) is 39.7. The van der Waals surface area contributed by atoms with Gasteiger partial charge in [0.2, 0.25) is 11.8 Å². The number of carbonyl (C=O) groups is 2. The molecule has 0 bridgehead atoms. The Balaban J connectivity index is 1.12. The molecule has 2 aliphatic heterocycles. The van der Waals surface area contributed by atoms with Gasteiger partial charge in [-0.25, -0.2) is 4.98 Å². The summed E-state index contributed by atoms with van der Waals surface area (Å²) in [5.74, 6) is 1.74. The zero-order valence-corrected chi connectivity index (χ0v) is 33.4. The number of imidazole rings is 1. The lowest BCUT2D eigenvalue weighted by atomic mass is 9.83. The highest BCUT2D eigenvalue weighted by Gasteiger charge is 2.49. The van der Waals surface area contributed by atoms with Crippen molar-refractivity contribution in [1.29, 1.82) is 0 Å². The van der Waals surface area contributed by atoms with Gasteiger partial charge in [0.15, 0.2) is 0 Å². The van der Waals surface area contributed by atoms with Crippen molar-refractivity contribution >= 4 is 35.0 Å². The Kier molecular flexibility index (Phi) is 12.4. The Bertz CT molecular complexity index is 1920. The van der Waals surface area contributed by atoms with Gasteiger partial charge in [0, 0.05) is 41.3 Å². The molecule has 288 valence electrons. The van der Waals surface area contributed by atoms with Crippen LogP contribution >= 0.6 is 23.2 Å². The number of carbonyl (C=O) groups excluding carboxylic acids is 2. The average molecular weight is 777 g/mol. The zero-order valence-electron chi connectivity index (χ0n) is 31.9. The van der Waals surface area contributed by atoms with Crippen LogP contribution < -0.4 is 20.7 Å². The molecule has 54 heavy (non-hydrogen) atoms. The largest absolute Gasteiger partial charge is 0.457 e. The molecule has 4 aromatic rings. The third-order valence-corrected chi connectivity index (χ3v) is 10.7. The summed E-state index contributed by atoms with van der Waals surface area (Å²) in [6, 6.07) is 19.6. The molecule has 2 saturated heterocycles. The van der Waals surface area contributed by atoms with Gasteiger partial charge >= 0.3 is 0 Å². The van der Waals surface area contributed by atoms with Gasteiger partial charge in [-0.3, -0.25) is 14.5 Å². The molecule has 3 N–H and O–H groups in total.